The summed E-state index contributed by atoms with van der Waals surface area (Å²) >= 11 is 0. The van der Waals surface area contributed by atoms with Gasteiger partial charge in [-0.15, -0.1) is 0 Å². The third-order valence-corrected chi connectivity index (χ3v) is 2.89. The van der Waals surface area contributed by atoms with Crippen molar-refractivity contribution in [2.75, 3.05) is 13.1 Å². The van der Waals surface area contributed by atoms with E-state index in [9.17, 15) is 0 Å². The first-order valence-electron chi connectivity index (χ1n) is 6.12. The van der Waals surface area contributed by atoms with E-state index in [1.165, 1.54) is 0 Å². The van der Waals surface area contributed by atoms with Crippen LogP contribution in [0.3, 0.4) is 0 Å². The average molecular weight is 232 g/mol. The average Bonchev–Trinajstić information content (AvgIpc) is 2.74. The van der Waals surface area contributed by atoms with Crippen LogP contribution in [-0.4, -0.2) is 13.1 Å². The predicted octanol–water partition coefficient (Wildman–Crippen LogP) is 2.68. The molecule has 0 fully saturated rings. The SMILES string of the molecule is CC(C)CNC(CN)c1coc2ccccc12. The molecule has 1 aromatic heterocycles. The Balaban J connectivity index is 2.24. The van der Waals surface area contributed by atoms with Crippen molar-refractivity contribution in [2.45, 2.75) is 19.9 Å². The Kier molecular flexibility index (Phi) is 3.82. The molecule has 0 saturated heterocycles. The molecule has 0 amide bonds. The van der Waals surface area contributed by atoms with E-state index in [0.29, 0.717) is 12.5 Å². The van der Waals surface area contributed by atoms with Crippen molar-refractivity contribution in [3.8, 4) is 0 Å². The van der Waals surface area contributed by atoms with E-state index < -0.39 is 0 Å². The molecule has 0 aliphatic rings. The highest BCUT2D eigenvalue weighted by Gasteiger charge is 2.15. The zero-order valence-electron chi connectivity index (χ0n) is 10.4. The number of fused-ring (bicyclic) bond motifs is 1. The number of para-hydroxylation sites is 1. The van der Waals surface area contributed by atoms with Gasteiger partial charge in [0.1, 0.15) is 5.58 Å². The fourth-order valence-electron chi connectivity index (χ4n) is 1.97. The Hall–Kier alpha value is -1.32. The second kappa shape index (κ2) is 5.34. The molecule has 0 bridgehead atoms. The summed E-state index contributed by atoms with van der Waals surface area (Å²) in [4.78, 5) is 0. The molecule has 17 heavy (non-hydrogen) atoms. The minimum Gasteiger partial charge on any atom is -0.464 e. The molecule has 1 atom stereocenters. The lowest BCUT2D eigenvalue weighted by molar-refractivity contribution is 0.475. The molecule has 2 rings (SSSR count). The van der Waals surface area contributed by atoms with Gasteiger partial charge in [-0.05, 0) is 18.5 Å². The molecule has 3 N–H and O–H groups in total. The normalized spacial score (nSPS) is 13.4. The first kappa shape index (κ1) is 12.1. The van der Waals surface area contributed by atoms with E-state index in [2.05, 4.69) is 25.2 Å². The van der Waals surface area contributed by atoms with Crippen molar-refractivity contribution in [1.82, 2.24) is 5.32 Å². The van der Waals surface area contributed by atoms with Crippen LogP contribution in [0.25, 0.3) is 11.0 Å². The fourth-order valence-corrected chi connectivity index (χ4v) is 1.97. The molecule has 0 saturated carbocycles. The molecule has 0 aliphatic carbocycles. The second-order valence-electron chi connectivity index (χ2n) is 4.78. The number of nitrogens with one attached hydrogen (secondary N) is 1. The summed E-state index contributed by atoms with van der Waals surface area (Å²) in [6.45, 7) is 5.92. The summed E-state index contributed by atoms with van der Waals surface area (Å²) in [6.07, 6.45) is 1.82. The number of nitrogens with two attached hydrogens (primary N) is 1. The van der Waals surface area contributed by atoms with Crippen molar-refractivity contribution >= 4 is 11.0 Å². The van der Waals surface area contributed by atoms with Gasteiger partial charge in [0.15, 0.2) is 0 Å². The van der Waals surface area contributed by atoms with Gasteiger partial charge >= 0.3 is 0 Å². The number of rotatable bonds is 5. The monoisotopic (exact) mass is 232 g/mol. The molecular weight excluding hydrogens is 212 g/mol. The largest absolute Gasteiger partial charge is 0.464 e. The first-order chi connectivity index (χ1) is 8.22. The van der Waals surface area contributed by atoms with E-state index in [-0.39, 0.29) is 6.04 Å². The Bertz CT molecular complexity index is 476. The van der Waals surface area contributed by atoms with Gasteiger partial charge in [0, 0.05) is 23.5 Å². The molecule has 92 valence electrons. The smallest absolute Gasteiger partial charge is 0.134 e. The van der Waals surface area contributed by atoms with Crippen LogP contribution in [0.2, 0.25) is 0 Å². The second-order valence-corrected chi connectivity index (χ2v) is 4.78. The van der Waals surface area contributed by atoms with Gasteiger partial charge in [-0.25, -0.2) is 0 Å². The van der Waals surface area contributed by atoms with Gasteiger partial charge in [-0.3, -0.25) is 0 Å². The summed E-state index contributed by atoms with van der Waals surface area (Å²) in [5.41, 5.74) is 7.92. The third-order valence-electron chi connectivity index (χ3n) is 2.89. The number of furan rings is 1. The minimum atomic E-state index is 0.168. The summed E-state index contributed by atoms with van der Waals surface area (Å²) in [7, 11) is 0. The van der Waals surface area contributed by atoms with Crippen LogP contribution in [0.1, 0.15) is 25.5 Å². The Morgan fingerprint density at radius 1 is 1.29 bits per heavy atom. The molecule has 1 heterocycles. The zero-order valence-corrected chi connectivity index (χ0v) is 10.4. The summed E-state index contributed by atoms with van der Waals surface area (Å²) in [6, 6.07) is 8.23. The topological polar surface area (TPSA) is 51.2 Å². The number of hydrogen-bond acceptors (Lipinski definition) is 3. The van der Waals surface area contributed by atoms with E-state index in [1.54, 1.807) is 0 Å². The molecule has 0 radical (unpaired) electrons. The molecule has 1 aromatic carbocycles. The minimum absolute atomic E-state index is 0.168. The highest BCUT2D eigenvalue weighted by atomic mass is 16.3. The van der Waals surface area contributed by atoms with Gasteiger partial charge in [0.05, 0.1) is 6.26 Å². The van der Waals surface area contributed by atoms with E-state index >= 15 is 0 Å². The molecule has 2 aromatic rings. The fraction of sp³-hybridized carbons (Fsp3) is 0.429. The highest BCUT2D eigenvalue weighted by Crippen LogP contribution is 2.25. The Labute approximate surface area is 102 Å². The quantitative estimate of drug-likeness (QED) is 0.833. The van der Waals surface area contributed by atoms with E-state index in [0.717, 1.165) is 23.1 Å². The third kappa shape index (κ3) is 2.68. The summed E-state index contributed by atoms with van der Waals surface area (Å²) in [5.74, 6) is 0.613. The first-order valence-corrected chi connectivity index (χ1v) is 6.12. The molecule has 3 nitrogen and oxygen atoms in total. The van der Waals surface area contributed by atoms with Crippen molar-refractivity contribution in [1.29, 1.82) is 0 Å². The lowest BCUT2D eigenvalue weighted by Gasteiger charge is -2.17. The molecular formula is C14H20N2O. The maximum atomic E-state index is 5.84. The number of hydrogen-bond donors (Lipinski definition) is 2. The maximum absolute atomic E-state index is 5.84. The van der Waals surface area contributed by atoms with Gasteiger partial charge in [0.25, 0.3) is 0 Å². The maximum Gasteiger partial charge on any atom is 0.134 e. The van der Waals surface area contributed by atoms with E-state index in [4.69, 9.17) is 10.2 Å². The lowest BCUT2D eigenvalue weighted by Crippen LogP contribution is -2.30. The van der Waals surface area contributed by atoms with Crippen LogP contribution in [0.15, 0.2) is 34.9 Å². The molecule has 1 unspecified atom stereocenters. The predicted molar refractivity (Wildman–Crippen MR) is 70.9 cm³/mol. The van der Waals surface area contributed by atoms with Gasteiger partial charge in [-0.2, -0.15) is 0 Å². The van der Waals surface area contributed by atoms with Crippen molar-refractivity contribution in [2.24, 2.45) is 11.7 Å². The van der Waals surface area contributed by atoms with Crippen LogP contribution in [-0.2, 0) is 0 Å². The number of benzene rings is 1. The van der Waals surface area contributed by atoms with Crippen molar-refractivity contribution in [3.05, 3.63) is 36.1 Å². The molecule has 3 heteroatoms. The van der Waals surface area contributed by atoms with E-state index in [1.807, 2.05) is 24.5 Å². The van der Waals surface area contributed by atoms with Crippen LogP contribution >= 0.6 is 0 Å². The van der Waals surface area contributed by atoms with Gasteiger partial charge in [0.2, 0.25) is 0 Å². The Morgan fingerprint density at radius 2 is 2.06 bits per heavy atom. The van der Waals surface area contributed by atoms with Crippen molar-refractivity contribution in [3.63, 3.8) is 0 Å². The Morgan fingerprint density at radius 3 is 2.76 bits per heavy atom. The highest BCUT2D eigenvalue weighted by molar-refractivity contribution is 5.81. The van der Waals surface area contributed by atoms with Crippen molar-refractivity contribution < 1.29 is 4.42 Å². The summed E-state index contributed by atoms with van der Waals surface area (Å²) < 4.78 is 5.54. The summed E-state index contributed by atoms with van der Waals surface area (Å²) in [5, 5.41) is 4.63. The molecule has 0 spiro atoms. The van der Waals surface area contributed by atoms with Crippen LogP contribution in [0, 0.1) is 5.92 Å². The van der Waals surface area contributed by atoms with Crippen LogP contribution in [0.4, 0.5) is 0 Å². The zero-order chi connectivity index (χ0) is 12.3. The van der Waals surface area contributed by atoms with Crippen LogP contribution in [0.5, 0.6) is 0 Å². The van der Waals surface area contributed by atoms with Gasteiger partial charge < -0.3 is 15.5 Å². The molecule has 0 aliphatic heterocycles. The standard InChI is InChI=1S/C14H20N2O/c1-10(2)8-16-13(7-15)12-9-17-14-6-4-3-5-11(12)14/h3-6,9-10,13,16H,7-8,15H2,1-2H3. The lowest BCUT2D eigenvalue weighted by atomic mass is 10.1. The van der Waals surface area contributed by atoms with Crippen LogP contribution < -0.4 is 11.1 Å². The van der Waals surface area contributed by atoms with Gasteiger partial charge in [-0.1, -0.05) is 32.0 Å².